The Hall–Kier alpha value is -3.14. The van der Waals surface area contributed by atoms with Crippen LogP contribution in [0.5, 0.6) is 11.5 Å². The zero-order valence-electron chi connectivity index (χ0n) is 22.5. The van der Waals surface area contributed by atoms with Gasteiger partial charge in [-0.15, -0.1) is 23.2 Å². The van der Waals surface area contributed by atoms with Gasteiger partial charge in [0.25, 0.3) is 11.8 Å². The second kappa shape index (κ2) is 10.5. The second-order valence-electron chi connectivity index (χ2n) is 11.1. The average Bonchev–Trinajstić information content (AvgIpc) is 3.31. The van der Waals surface area contributed by atoms with Gasteiger partial charge in [0.15, 0.2) is 21.2 Å². The molecule has 4 aliphatic rings. The summed E-state index contributed by atoms with van der Waals surface area (Å²) in [5, 5.41) is 10.0. The van der Waals surface area contributed by atoms with Gasteiger partial charge in [-0.2, -0.15) is 0 Å². The molecule has 0 radical (unpaired) electrons. The van der Waals surface area contributed by atoms with Crippen LogP contribution >= 0.6 is 39.1 Å². The molecule has 2 aromatic carbocycles. The molecule has 6 rings (SSSR count). The number of aromatic hydroxyl groups is 1. The van der Waals surface area contributed by atoms with Crippen molar-refractivity contribution < 1.29 is 29.0 Å². The lowest BCUT2D eigenvalue weighted by molar-refractivity contribution is -0.141. The fraction of sp³-hybridized carbons (Fsp3) is 0.355. The lowest BCUT2D eigenvalue weighted by atomic mass is 9.57. The van der Waals surface area contributed by atoms with Gasteiger partial charge in [-0.25, -0.2) is 0 Å². The highest BCUT2D eigenvalue weighted by molar-refractivity contribution is 9.09. The number of carbonyl (C=O) groups excluding carboxylic acids is 4. The van der Waals surface area contributed by atoms with Crippen LogP contribution in [0.15, 0.2) is 66.3 Å². The Morgan fingerprint density at radius 1 is 1.02 bits per heavy atom. The van der Waals surface area contributed by atoms with Gasteiger partial charge in [0.2, 0.25) is 11.8 Å². The molecule has 2 aliphatic heterocycles. The van der Waals surface area contributed by atoms with Gasteiger partial charge in [-0.05, 0) is 42.0 Å². The lowest BCUT2D eigenvalue weighted by Gasteiger charge is -2.49. The van der Waals surface area contributed by atoms with Crippen LogP contribution in [0.25, 0.3) is 6.08 Å². The van der Waals surface area contributed by atoms with Crippen molar-refractivity contribution >= 4 is 68.8 Å². The van der Waals surface area contributed by atoms with Gasteiger partial charge in [-0.1, -0.05) is 76.1 Å². The van der Waals surface area contributed by atoms with Crippen LogP contribution in [0, 0.1) is 23.7 Å². The fourth-order valence-electron chi connectivity index (χ4n) is 6.99. The van der Waals surface area contributed by atoms with Crippen LogP contribution in [0.4, 0.5) is 0 Å². The van der Waals surface area contributed by atoms with E-state index in [0.717, 1.165) is 10.5 Å². The molecule has 0 bridgehead atoms. The molecule has 2 saturated heterocycles. The molecule has 3 fully saturated rings. The van der Waals surface area contributed by atoms with Crippen LogP contribution in [-0.2, 0) is 25.7 Å². The van der Waals surface area contributed by atoms with Crippen LogP contribution in [0.1, 0.15) is 24.0 Å². The SMILES string of the molecule is COc1cc(C=CC2C3=CCC4C(=O)N(Cc5ccccc5)C(=O)C4C3CC3(Cl)C(=O)N(CBr)C(=O)C23Cl)ccc1O. The third-order valence-corrected chi connectivity index (χ3v) is 11.0. The van der Waals surface area contributed by atoms with Gasteiger partial charge in [0.05, 0.1) is 30.9 Å². The summed E-state index contributed by atoms with van der Waals surface area (Å²) in [7, 11) is 1.44. The molecule has 0 aromatic heterocycles. The highest BCUT2D eigenvalue weighted by Crippen LogP contribution is 2.63. The number of ether oxygens (including phenoxy) is 1. The standard InChI is InChI=1S/C31H27BrCl2N2O6/c1-42-24-13-17(8-12-23(24)37)7-11-22-19-9-10-20-25(27(39)35(26(20)38)15-18-5-3-2-4-6-18)21(19)14-30(33)28(40)36(16-32)29(41)31(22,30)34/h2-9,11-13,20-22,25,37H,10,14-16H2,1H3. The van der Waals surface area contributed by atoms with E-state index in [1.165, 1.54) is 18.1 Å². The van der Waals surface area contributed by atoms with Crippen molar-refractivity contribution in [2.24, 2.45) is 23.7 Å². The van der Waals surface area contributed by atoms with Crippen molar-refractivity contribution in [2.75, 3.05) is 12.6 Å². The topological polar surface area (TPSA) is 104 Å². The molecule has 2 aliphatic carbocycles. The number of benzene rings is 2. The van der Waals surface area contributed by atoms with Crippen LogP contribution in [-0.4, -0.2) is 60.8 Å². The first kappa shape index (κ1) is 29.0. The van der Waals surface area contributed by atoms with Gasteiger partial charge < -0.3 is 9.84 Å². The number of likely N-dealkylation sites (tertiary alicyclic amines) is 2. The molecular weight excluding hydrogens is 647 g/mol. The van der Waals surface area contributed by atoms with E-state index in [0.29, 0.717) is 17.6 Å². The molecular formula is C31H27BrCl2N2O6. The van der Waals surface area contributed by atoms with E-state index in [1.807, 2.05) is 36.4 Å². The molecule has 4 amide bonds. The number of alkyl halides is 3. The number of methoxy groups -OCH3 is 1. The number of allylic oxidation sites excluding steroid dienone is 3. The molecule has 6 unspecified atom stereocenters. The maximum absolute atomic E-state index is 13.9. The first-order valence-corrected chi connectivity index (χ1v) is 15.4. The number of hydrogen-bond acceptors (Lipinski definition) is 6. The number of carbonyl (C=O) groups is 4. The largest absolute Gasteiger partial charge is 0.504 e. The molecule has 218 valence electrons. The quantitative estimate of drug-likeness (QED) is 0.203. The van der Waals surface area contributed by atoms with Crippen molar-refractivity contribution in [3.63, 3.8) is 0 Å². The highest BCUT2D eigenvalue weighted by Gasteiger charge is 2.75. The summed E-state index contributed by atoms with van der Waals surface area (Å²) in [5.41, 5.74) is 2.11. The Morgan fingerprint density at radius 2 is 1.76 bits per heavy atom. The third kappa shape index (κ3) is 4.07. The molecule has 8 nitrogen and oxygen atoms in total. The van der Waals surface area contributed by atoms with E-state index >= 15 is 0 Å². The number of hydrogen-bond donors (Lipinski definition) is 1. The fourth-order valence-corrected chi connectivity index (χ4v) is 8.37. The minimum Gasteiger partial charge on any atom is -0.504 e. The first-order valence-electron chi connectivity index (χ1n) is 13.5. The number of phenolic OH excluding ortho intramolecular Hbond substituents is 1. The van der Waals surface area contributed by atoms with E-state index in [4.69, 9.17) is 27.9 Å². The van der Waals surface area contributed by atoms with E-state index in [-0.39, 0.29) is 41.7 Å². The molecule has 2 aromatic rings. The minimum atomic E-state index is -1.86. The Kier molecular flexibility index (Phi) is 7.27. The highest BCUT2D eigenvalue weighted by atomic mass is 79.9. The maximum atomic E-state index is 13.9. The Bertz CT molecular complexity index is 1560. The number of rotatable bonds is 6. The Labute approximate surface area is 261 Å². The second-order valence-corrected chi connectivity index (χ2v) is 12.8. The monoisotopic (exact) mass is 672 g/mol. The van der Waals surface area contributed by atoms with Crippen LogP contribution in [0.2, 0.25) is 0 Å². The van der Waals surface area contributed by atoms with Crippen molar-refractivity contribution in [1.82, 2.24) is 9.80 Å². The van der Waals surface area contributed by atoms with E-state index in [2.05, 4.69) is 15.9 Å². The summed E-state index contributed by atoms with van der Waals surface area (Å²) in [6.07, 6.45) is 5.58. The molecule has 1 saturated carbocycles. The molecule has 2 heterocycles. The third-order valence-electron chi connectivity index (χ3n) is 9.03. The Morgan fingerprint density at radius 3 is 2.45 bits per heavy atom. The summed E-state index contributed by atoms with van der Waals surface area (Å²) >= 11 is 17.6. The van der Waals surface area contributed by atoms with Gasteiger partial charge >= 0.3 is 0 Å². The first-order chi connectivity index (χ1) is 20.1. The summed E-state index contributed by atoms with van der Waals surface area (Å²) in [6.45, 7) is 0.153. The average molecular weight is 674 g/mol. The summed E-state index contributed by atoms with van der Waals surface area (Å²) < 4.78 is 5.22. The zero-order valence-corrected chi connectivity index (χ0v) is 25.6. The predicted octanol–water partition coefficient (Wildman–Crippen LogP) is 4.86. The number of halogens is 3. The van der Waals surface area contributed by atoms with Crippen LogP contribution < -0.4 is 4.74 Å². The summed E-state index contributed by atoms with van der Waals surface area (Å²) in [6, 6.07) is 14.1. The van der Waals surface area contributed by atoms with Gasteiger partial charge in [-0.3, -0.25) is 29.0 Å². The molecule has 11 heteroatoms. The Balaban J connectivity index is 1.43. The van der Waals surface area contributed by atoms with Gasteiger partial charge in [0, 0.05) is 5.92 Å². The van der Waals surface area contributed by atoms with Crippen molar-refractivity contribution in [2.45, 2.75) is 29.1 Å². The number of amides is 4. The van der Waals surface area contributed by atoms with Crippen LogP contribution in [0.3, 0.4) is 0 Å². The number of fused-ring (bicyclic) bond motifs is 4. The van der Waals surface area contributed by atoms with E-state index in [9.17, 15) is 24.3 Å². The van der Waals surface area contributed by atoms with E-state index < -0.39 is 45.2 Å². The smallest absolute Gasteiger partial charge is 0.254 e. The number of nitrogens with zero attached hydrogens (tertiary/aromatic N) is 2. The number of phenols is 1. The number of imide groups is 2. The van der Waals surface area contributed by atoms with E-state index in [1.54, 1.807) is 24.3 Å². The van der Waals surface area contributed by atoms with Crippen molar-refractivity contribution in [3.05, 3.63) is 77.4 Å². The van der Waals surface area contributed by atoms with Crippen molar-refractivity contribution in [1.29, 1.82) is 0 Å². The predicted molar refractivity (Wildman–Crippen MR) is 160 cm³/mol. The molecule has 0 spiro atoms. The lowest BCUT2D eigenvalue weighted by Crippen LogP contribution is -2.60. The summed E-state index contributed by atoms with van der Waals surface area (Å²) in [5.74, 6) is -4.37. The molecule has 1 N–H and O–H groups in total. The maximum Gasteiger partial charge on any atom is 0.254 e. The minimum absolute atomic E-state index is 0.0315. The zero-order chi connectivity index (χ0) is 30.0. The molecule has 6 atom stereocenters. The molecule has 42 heavy (non-hydrogen) atoms. The van der Waals surface area contributed by atoms with Gasteiger partial charge in [0.1, 0.15) is 0 Å². The normalized spacial score (nSPS) is 32.2. The summed E-state index contributed by atoms with van der Waals surface area (Å²) in [4.78, 5) is 53.5. The van der Waals surface area contributed by atoms with Crippen molar-refractivity contribution in [3.8, 4) is 11.5 Å².